The third-order valence-corrected chi connectivity index (χ3v) is 4.58. The van der Waals surface area contributed by atoms with Gasteiger partial charge >= 0.3 is 0 Å². The highest BCUT2D eigenvalue weighted by atomic mass is 32.2. The molecule has 1 heterocycles. The fourth-order valence-corrected chi connectivity index (χ4v) is 3.03. The molecule has 0 fully saturated rings. The highest BCUT2D eigenvalue weighted by Crippen LogP contribution is 2.32. The Balaban J connectivity index is 1.73. The van der Waals surface area contributed by atoms with Crippen molar-refractivity contribution in [1.82, 2.24) is 0 Å². The quantitative estimate of drug-likeness (QED) is 0.551. The third-order valence-electron chi connectivity index (χ3n) is 3.88. The number of hydrogen-bond donors (Lipinski definition) is 0. The fourth-order valence-electron chi connectivity index (χ4n) is 2.62. The molecule has 0 N–H and O–H groups in total. The predicted molar refractivity (Wildman–Crippen MR) is 103 cm³/mol. The maximum atomic E-state index is 12.7. The van der Waals surface area contributed by atoms with Crippen LogP contribution in [-0.2, 0) is 4.79 Å². The van der Waals surface area contributed by atoms with Crippen LogP contribution in [0.1, 0.15) is 12.0 Å². The Kier molecular flexibility index (Phi) is 6.01. The Labute approximate surface area is 152 Å². The van der Waals surface area contributed by atoms with E-state index in [9.17, 15) is 4.79 Å². The number of fused-ring (bicyclic) bond motifs is 1. The molecule has 4 nitrogen and oxygen atoms in total. The van der Waals surface area contributed by atoms with Gasteiger partial charge in [-0.05, 0) is 54.3 Å². The normalized spacial score (nSPS) is 12.5. The van der Waals surface area contributed by atoms with E-state index < -0.39 is 0 Å². The van der Waals surface area contributed by atoms with E-state index in [2.05, 4.69) is 6.26 Å². The van der Waals surface area contributed by atoms with E-state index in [0.29, 0.717) is 6.54 Å². The summed E-state index contributed by atoms with van der Waals surface area (Å²) in [6, 6.07) is 15.4. The molecule has 0 saturated heterocycles. The Hall–Kier alpha value is -2.40. The summed E-state index contributed by atoms with van der Waals surface area (Å²) in [4.78, 5) is 14.5. The van der Waals surface area contributed by atoms with E-state index in [4.69, 9.17) is 9.47 Å². The lowest BCUT2D eigenvalue weighted by Crippen LogP contribution is -2.30. The van der Waals surface area contributed by atoms with E-state index >= 15 is 0 Å². The van der Waals surface area contributed by atoms with Gasteiger partial charge < -0.3 is 14.4 Å². The number of benzene rings is 2. The van der Waals surface area contributed by atoms with Gasteiger partial charge in [0.05, 0.1) is 0 Å². The highest BCUT2D eigenvalue weighted by Gasteiger charge is 2.14. The number of nitrogens with zero attached hydrogens (tertiary/aromatic N) is 1. The number of carbonyl (C=O) groups excluding carboxylic acids is 1. The van der Waals surface area contributed by atoms with E-state index in [1.165, 1.54) is 0 Å². The Morgan fingerprint density at radius 1 is 1.16 bits per heavy atom. The van der Waals surface area contributed by atoms with E-state index in [0.717, 1.165) is 34.9 Å². The van der Waals surface area contributed by atoms with E-state index in [1.807, 2.05) is 59.5 Å². The topological polar surface area (TPSA) is 38.8 Å². The molecule has 0 atom stereocenters. The highest BCUT2D eigenvalue weighted by molar-refractivity contribution is 7.98. The number of para-hydroxylation sites is 1. The van der Waals surface area contributed by atoms with Gasteiger partial charge in [-0.15, -0.1) is 0 Å². The Morgan fingerprint density at radius 2 is 1.96 bits per heavy atom. The molecule has 5 heteroatoms. The second-order valence-corrected chi connectivity index (χ2v) is 6.60. The summed E-state index contributed by atoms with van der Waals surface area (Å²) in [5.41, 5.74) is 1.83. The van der Waals surface area contributed by atoms with Crippen LogP contribution >= 0.6 is 11.8 Å². The van der Waals surface area contributed by atoms with Crippen molar-refractivity contribution in [3.8, 4) is 11.5 Å². The molecule has 0 bridgehead atoms. The first kappa shape index (κ1) is 17.4. The zero-order valence-corrected chi connectivity index (χ0v) is 15.0. The van der Waals surface area contributed by atoms with Gasteiger partial charge in [0, 0.05) is 18.3 Å². The average Bonchev–Trinajstić information content (AvgIpc) is 3.12. The van der Waals surface area contributed by atoms with Crippen LogP contribution in [0.4, 0.5) is 5.69 Å². The standard InChI is InChI=1S/C20H21NO3S/c1-25-13-5-12-21(17-6-3-2-4-7-17)20(22)11-9-16-8-10-18-19(14-16)24-15-23-18/h2-4,6-11,14H,5,12-13,15H2,1H3/b11-9+. The zero-order valence-electron chi connectivity index (χ0n) is 14.2. The molecule has 3 rings (SSSR count). The van der Waals surface area contributed by atoms with Crippen LogP contribution in [0.2, 0.25) is 0 Å². The molecule has 0 spiro atoms. The fraction of sp³-hybridized carbons (Fsp3) is 0.250. The number of anilines is 1. The molecule has 1 amide bonds. The summed E-state index contributed by atoms with van der Waals surface area (Å²) in [7, 11) is 0. The van der Waals surface area contributed by atoms with Crippen LogP contribution in [0.5, 0.6) is 11.5 Å². The van der Waals surface area contributed by atoms with Gasteiger partial charge in [-0.1, -0.05) is 24.3 Å². The minimum Gasteiger partial charge on any atom is -0.454 e. The van der Waals surface area contributed by atoms with Gasteiger partial charge in [-0.2, -0.15) is 11.8 Å². The van der Waals surface area contributed by atoms with Crippen LogP contribution in [-0.4, -0.2) is 31.3 Å². The van der Waals surface area contributed by atoms with Crippen LogP contribution in [0, 0.1) is 0 Å². The second kappa shape index (κ2) is 8.62. The van der Waals surface area contributed by atoms with Crippen molar-refractivity contribution in [3.05, 3.63) is 60.2 Å². The van der Waals surface area contributed by atoms with Crippen molar-refractivity contribution in [1.29, 1.82) is 0 Å². The van der Waals surface area contributed by atoms with Crippen molar-refractivity contribution in [2.75, 3.05) is 30.2 Å². The summed E-state index contributed by atoms with van der Waals surface area (Å²) in [5.74, 6) is 2.47. The predicted octanol–water partition coefficient (Wildman–Crippen LogP) is 4.21. The van der Waals surface area contributed by atoms with Gasteiger partial charge in [-0.25, -0.2) is 0 Å². The van der Waals surface area contributed by atoms with Gasteiger partial charge in [0.2, 0.25) is 6.79 Å². The van der Waals surface area contributed by atoms with Crippen molar-refractivity contribution < 1.29 is 14.3 Å². The summed E-state index contributed by atoms with van der Waals surface area (Å²) in [5, 5.41) is 0. The molecule has 25 heavy (non-hydrogen) atoms. The molecule has 0 aliphatic carbocycles. The summed E-state index contributed by atoms with van der Waals surface area (Å²) < 4.78 is 10.7. The molecule has 2 aromatic rings. The summed E-state index contributed by atoms with van der Waals surface area (Å²) >= 11 is 1.79. The van der Waals surface area contributed by atoms with Crippen LogP contribution in [0.15, 0.2) is 54.6 Å². The van der Waals surface area contributed by atoms with Crippen LogP contribution < -0.4 is 14.4 Å². The summed E-state index contributed by atoms with van der Waals surface area (Å²) in [6.45, 7) is 0.952. The van der Waals surface area contributed by atoms with Crippen molar-refractivity contribution in [3.63, 3.8) is 0 Å². The Bertz CT molecular complexity index is 746. The lowest BCUT2D eigenvalue weighted by Gasteiger charge is -2.21. The molecule has 2 aromatic carbocycles. The number of amides is 1. The number of hydrogen-bond acceptors (Lipinski definition) is 4. The zero-order chi connectivity index (χ0) is 17.5. The molecule has 0 unspecified atom stereocenters. The average molecular weight is 355 g/mol. The maximum absolute atomic E-state index is 12.7. The number of carbonyl (C=O) groups is 1. The van der Waals surface area contributed by atoms with Gasteiger partial charge in [0.25, 0.3) is 5.91 Å². The van der Waals surface area contributed by atoms with Crippen LogP contribution in [0.3, 0.4) is 0 Å². The molecular weight excluding hydrogens is 334 g/mol. The number of thioether (sulfide) groups is 1. The van der Waals surface area contributed by atoms with Crippen LogP contribution in [0.25, 0.3) is 6.08 Å². The molecule has 130 valence electrons. The SMILES string of the molecule is CSCCCN(C(=O)/C=C/c1ccc2c(c1)OCO2)c1ccccc1. The largest absolute Gasteiger partial charge is 0.454 e. The Morgan fingerprint density at radius 3 is 2.76 bits per heavy atom. The molecule has 0 saturated carbocycles. The molecular formula is C20H21NO3S. The van der Waals surface area contributed by atoms with Gasteiger partial charge in [0.15, 0.2) is 11.5 Å². The first-order chi connectivity index (χ1) is 12.3. The molecule has 0 aromatic heterocycles. The smallest absolute Gasteiger partial charge is 0.250 e. The lowest BCUT2D eigenvalue weighted by molar-refractivity contribution is -0.114. The first-order valence-corrected chi connectivity index (χ1v) is 9.60. The minimum atomic E-state index is -0.0232. The van der Waals surface area contributed by atoms with Crippen molar-refractivity contribution >= 4 is 29.4 Å². The maximum Gasteiger partial charge on any atom is 0.250 e. The van der Waals surface area contributed by atoms with Crippen molar-refractivity contribution in [2.45, 2.75) is 6.42 Å². The van der Waals surface area contributed by atoms with Gasteiger partial charge in [0.1, 0.15) is 0 Å². The monoisotopic (exact) mass is 355 g/mol. The van der Waals surface area contributed by atoms with E-state index in [1.54, 1.807) is 17.8 Å². The second-order valence-electron chi connectivity index (χ2n) is 5.62. The van der Waals surface area contributed by atoms with Gasteiger partial charge in [-0.3, -0.25) is 4.79 Å². The lowest BCUT2D eigenvalue weighted by atomic mass is 10.2. The van der Waals surface area contributed by atoms with Crippen molar-refractivity contribution in [2.24, 2.45) is 0 Å². The molecule has 1 aliphatic rings. The first-order valence-electron chi connectivity index (χ1n) is 8.21. The molecule has 1 aliphatic heterocycles. The number of ether oxygens (including phenoxy) is 2. The molecule has 0 radical (unpaired) electrons. The number of rotatable bonds is 7. The van der Waals surface area contributed by atoms with E-state index in [-0.39, 0.29) is 12.7 Å². The summed E-state index contributed by atoms with van der Waals surface area (Å²) in [6.07, 6.45) is 6.46. The minimum absolute atomic E-state index is 0.0232. The third kappa shape index (κ3) is 4.57.